The van der Waals surface area contributed by atoms with Crippen molar-refractivity contribution in [3.63, 3.8) is 0 Å². The summed E-state index contributed by atoms with van der Waals surface area (Å²) < 4.78 is 21.7. The third-order valence-corrected chi connectivity index (χ3v) is 4.81. The van der Waals surface area contributed by atoms with E-state index in [0.717, 1.165) is 12.8 Å². The van der Waals surface area contributed by atoms with Gasteiger partial charge in [-0.3, -0.25) is 4.79 Å². The molecule has 146 valence electrons. The zero-order chi connectivity index (χ0) is 19.7. The number of ether oxygens (including phenoxy) is 1. The van der Waals surface area contributed by atoms with Gasteiger partial charge in [-0.2, -0.15) is 5.10 Å². The van der Waals surface area contributed by atoms with Crippen LogP contribution in [0.2, 0.25) is 0 Å². The highest BCUT2D eigenvalue weighted by molar-refractivity contribution is 5.99. The van der Waals surface area contributed by atoms with Crippen molar-refractivity contribution in [3.05, 3.63) is 53.6 Å². The summed E-state index contributed by atoms with van der Waals surface area (Å²) in [7, 11) is 0. The molecule has 4 rings (SSSR count). The summed E-state index contributed by atoms with van der Waals surface area (Å²) in [5.74, 6) is 0.574. The lowest BCUT2D eigenvalue weighted by Crippen LogP contribution is -2.35. The van der Waals surface area contributed by atoms with E-state index in [4.69, 9.17) is 4.74 Å². The van der Waals surface area contributed by atoms with Crippen molar-refractivity contribution in [2.45, 2.75) is 38.8 Å². The first-order valence-electron chi connectivity index (χ1n) is 9.40. The van der Waals surface area contributed by atoms with Crippen LogP contribution >= 0.6 is 0 Å². The number of anilines is 1. The Hall–Kier alpha value is -3.16. The second-order valence-corrected chi connectivity index (χ2v) is 6.93. The lowest BCUT2D eigenvalue weighted by molar-refractivity contribution is 0.0924. The van der Waals surface area contributed by atoms with Crippen LogP contribution in [0.3, 0.4) is 0 Å². The van der Waals surface area contributed by atoms with Gasteiger partial charge >= 0.3 is 0 Å². The quantitative estimate of drug-likeness (QED) is 0.710. The van der Waals surface area contributed by atoms with E-state index in [2.05, 4.69) is 27.6 Å². The SMILES string of the molecule is CCCC1CNC(=O)c2cnn3ccc(nc23)N[C@H](C)c2cc(F)ccc2O1. The highest BCUT2D eigenvalue weighted by Crippen LogP contribution is 2.30. The first-order chi connectivity index (χ1) is 13.5. The zero-order valence-corrected chi connectivity index (χ0v) is 15.8. The van der Waals surface area contributed by atoms with Gasteiger partial charge in [0, 0.05) is 11.8 Å². The molecule has 1 aliphatic rings. The molecule has 0 fully saturated rings. The van der Waals surface area contributed by atoms with Crippen LogP contribution in [-0.4, -0.2) is 33.2 Å². The molecule has 0 spiro atoms. The summed E-state index contributed by atoms with van der Waals surface area (Å²) in [6, 6.07) is 6.00. The number of amides is 1. The number of nitrogens with zero attached hydrogens (tertiary/aromatic N) is 3. The van der Waals surface area contributed by atoms with Crippen LogP contribution < -0.4 is 15.4 Å². The molecule has 0 saturated heterocycles. The summed E-state index contributed by atoms with van der Waals surface area (Å²) in [5, 5.41) is 10.4. The molecule has 0 radical (unpaired) electrons. The van der Waals surface area contributed by atoms with Crippen molar-refractivity contribution >= 4 is 17.4 Å². The predicted octanol–water partition coefficient (Wildman–Crippen LogP) is 3.33. The van der Waals surface area contributed by atoms with Crippen LogP contribution in [0.1, 0.15) is 48.7 Å². The minimum atomic E-state index is -0.331. The van der Waals surface area contributed by atoms with Crippen molar-refractivity contribution in [1.82, 2.24) is 19.9 Å². The van der Waals surface area contributed by atoms with Crippen LogP contribution in [0.25, 0.3) is 5.65 Å². The predicted molar refractivity (Wildman–Crippen MR) is 103 cm³/mol. The fourth-order valence-corrected chi connectivity index (χ4v) is 3.38. The van der Waals surface area contributed by atoms with Crippen LogP contribution in [-0.2, 0) is 0 Å². The Bertz CT molecular complexity index is 1020. The second-order valence-electron chi connectivity index (χ2n) is 6.93. The van der Waals surface area contributed by atoms with Gasteiger partial charge in [0.15, 0.2) is 5.65 Å². The summed E-state index contributed by atoms with van der Waals surface area (Å²) in [6.07, 6.45) is 4.66. The summed E-state index contributed by atoms with van der Waals surface area (Å²) in [5.41, 5.74) is 1.55. The molecule has 2 aromatic heterocycles. The van der Waals surface area contributed by atoms with Gasteiger partial charge < -0.3 is 15.4 Å². The van der Waals surface area contributed by atoms with Gasteiger partial charge in [0.25, 0.3) is 5.91 Å². The molecule has 7 nitrogen and oxygen atoms in total. The average molecular weight is 383 g/mol. The van der Waals surface area contributed by atoms with Crippen molar-refractivity contribution in [2.75, 3.05) is 11.9 Å². The van der Waals surface area contributed by atoms with Gasteiger partial charge in [-0.05, 0) is 37.6 Å². The summed E-state index contributed by atoms with van der Waals surface area (Å²) in [6.45, 7) is 4.31. The van der Waals surface area contributed by atoms with Gasteiger partial charge in [0.1, 0.15) is 29.1 Å². The minimum Gasteiger partial charge on any atom is -0.488 e. The van der Waals surface area contributed by atoms with Gasteiger partial charge in [-0.25, -0.2) is 13.9 Å². The van der Waals surface area contributed by atoms with E-state index in [9.17, 15) is 9.18 Å². The largest absolute Gasteiger partial charge is 0.488 e. The molecule has 3 aromatic rings. The molecule has 0 aliphatic carbocycles. The van der Waals surface area contributed by atoms with Crippen LogP contribution in [0, 0.1) is 5.82 Å². The van der Waals surface area contributed by atoms with Crippen molar-refractivity contribution in [3.8, 4) is 5.75 Å². The molecule has 3 heterocycles. The van der Waals surface area contributed by atoms with Crippen LogP contribution in [0.5, 0.6) is 5.75 Å². The highest BCUT2D eigenvalue weighted by atomic mass is 19.1. The Kier molecular flexibility index (Phi) is 4.85. The van der Waals surface area contributed by atoms with Crippen molar-refractivity contribution in [2.24, 2.45) is 0 Å². The standard InChI is InChI=1S/C20H22FN5O2/c1-3-4-14-10-22-20(27)16-11-23-26-8-7-18(25-19(16)26)24-12(2)15-9-13(21)5-6-17(15)28-14/h5-9,11-12,14H,3-4,10H2,1-2H3,(H,22,27)(H,24,25)/t12-,14?/m1/s1. The Balaban J connectivity index is 1.80. The number of hydrogen-bond donors (Lipinski definition) is 2. The smallest absolute Gasteiger partial charge is 0.256 e. The average Bonchev–Trinajstić information content (AvgIpc) is 3.10. The van der Waals surface area contributed by atoms with Crippen molar-refractivity contribution in [1.29, 1.82) is 0 Å². The van der Waals surface area contributed by atoms with E-state index in [1.54, 1.807) is 22.8 Å². The normalized spacial score (nSPS) is 19.6. The van der Waals surface area contributed by atoms with Gasteiger partial charge in [0.2, 0.25) is 0 Å². The maximum Gasteiger partial charge on any atom is 0.256 e. The number of carbonyl (C=O) groups is 1. The zero-order valence-electron chi connectivity index (χ0n) is 15.8. The number of carbonyl (C=O) groups excluding carboxylic acids is 1. The Morgan fingerprint density at radius 3 is 3.04 bits per heavy atom. The number of hydrogen-bond acceptors (Lipinski definition) is 5. The summed E-state index contributed by atoms with van der Waals surface area (Å²) in [4.78, 5) is 17.2. The molecule has 1 unspecified atom stereocenters. The first kappa shape index (κ1) is 18.2. The minimum absolute atomic E-state index is 0.228. The number of benzene rings is 1. The first-order valence-corrected chi connectivity index (χ1v) is 9.40. The molecular formula is C20H22FN5O2. The molecule has 2 N–H and O–H groups in total. The molecule has 2 bridgehead atoms. The number of halogens is 1. The maximum absolute atomic E-state index is 13.9. The molecule has 8 heteroatoms. The molecular weight excluding hydrogens is 361 g/mol. The molecule has 0 saturated carbocycles. The molecule has 28 heavy (non-hydrogen) atoms. The van der Waals surface area contributed by atoms with E-state index in [-0.39, 0.29) is 23.9 Å². The number of aromatic nitrogens is 3. The lowest BCUT2D eigenvalue weighted by Gasteiger charge is -2.23. The molecule has 1 amide bonds. The Morgan fingerprint density at radius 1 is 1.36 bits per heavy atom. The Morgan fingerprint density at radius 2 is 2.21 bits per heavy atom. The maximum atomic E-state index is 13.9. The molecule has 1 aliphatic heterocycles. The topological polar surface area (TPSA) is 80.6 Å². The van der Waals surface area contributed by atoms with E-state index in [1.165, 1.54) is 18.3 Å². The van der Waals surface area contributed by atoms with Gasteiger partial charge in [-0.15, -0.1) is 0 Å². The lowest BCUT2D eigenvalue weighted by atomic mass is 10.1. The summed E-state index contributed by atoms with van der Waals surface area (Å²) >= 11 is 0. The van der Waals surface area contributed by atoms with Crippen molar-refractivity contribution < 1.29 is 13.9 Å². The van der Waals surface area contributed by atoms with Crippen LogP contribution in [0.4, 0.5) is 10.2 Å². The van der Waals surface area contributed by atoms with E-state index in [1.807, 2.05) is 6.92 Å². The third kappa shape index (κ3) is 3.49. The monoisotopic (exact) mass is 383 g/mol. The van der Waals surface area contributed by atoms with E-state index in [0.29, 0.717) is 34.9 Å². The second kappa shape index (κ2) is 7.46. The van der Waals surface area contributed by atoms with Gasteiger partial charge in [0.05, 0.1) is 18.8 Å². The number of fused-ring (bicyclic) bond motifs is 2. The Labute approximate surface area is 161 Å². The third-order valence-electron chi connectivity index (χ3n) is 4.81. The number of rotatable bonds is 2. The fraction of sp³-hybridized carbons (Fsp3) is 0.350. The molecule has 2 atom stereocenters. The van der Waals surface area contributed by atoms with Gasteiger partial charge in [-0.1, -0.05) is 13.3 Å². The highest BCUT2D eigenvalue weighted by Gasteiger charge is 2.21. The fourth-order valence-electron chi connectivity index (χ4n) is 3.38. The van der Waals surface area contributed by atoms with E-state index >= 15 is 0 Å². The van der Waals surface area contributed by atoms with E-state index < -0.39 is 0 Å². The molecule has 1 aromatic carbocycles. The number of nitrogens with one attached hydrogen (secondary N) is 2. The van der Waals surface area contributed by atoms with Crippen LogP contribution in [0.15, 0.2) is 36.7 Å².